The molecule has 0 spiro atoms. The molecule has 0 aromatic carbocycles. The highest BCUT2D eigenvalue weighted by Gasteiger charge is 2.41. The van der Waals surface area contributed by atoms with Gasteiger partial charge in [0.05, 0.1) is 19.3 Å². The molecular weight excluding hydrogens is 272 g/mol. The van der Waals surface area contributed by atoms with Crippen LogP contribution in [0.25, 0.3) is 0 Å². The first-order valence-corrected chi connectivity index (χ1v) is 8.62. The highest BCUT2D eigenvalue weighted by atomic mass is 16.5. The zero-order valence-corrected chi connectivity index (χ0v) is 15.4. The van der Waals surface area contributed by atoms with Gasteiger partial charge in [-0.05, 0) is 50.7 Å². The van der Waals surface area contributed by atoms with Crippen molar-refractivity contribution in [2.24, 2.45) is 5.41 Å². The lowest BCUT2D eigenvalue weighted by molar-refractivity contribution is -0.0307. The maximum atomic E-state index is 5.42. The summed E-state index contributed by atoms with van der Waals surface area (Å²) in [6.45, 7) is 19.3. The first kappa shape index (κ1) is 16.1. The van der Waals surface area contributed by atoms with Crippen molar-refractivity contribution < 1.29 is 4.74 Å². The summed E-state index contributed by atoms with van der Waals surface area (Å²) in [6.07, 6.45) is 3.53. The number of ether oxygens (including phenoxy) is 1. The van der Waals surface area contributed by atoms with Crippen molar-refractivity contribution in [3.05, 3.63) is 23.0 Å². The van der Waals surface area contributed by atoms with Crippen LogP contribution < -0.4 is 0 Å². The van der Waals surface area contributed by atoms with Crippen molar-refractivity contribution >= 4 is 0 Å². The van der Waals surface area contributed by atoms with Crippen LogP contribution in [-0.2, 0) is 17.7 Å². The molecule has 0 aliphatic carbocycles. The number of aromatic nitrogens is 1. The summed E-state index contributed by atoms with van der Waals surface area (Å²) < 4.78 is 7.93. The summed E-state index contributed by atoms with van der Waals surface area (Å²) in [5, 5.41) is 0. The Morgan fingerprint density at radius 1 is 1.09 bits per heavy atom. The summed E-state index contributed by atoms with van der Waals surface area (Å²) in [5.74, 6) is 0. The molecule has 3 heterocycles. The Morgan fingerprint density at radius 2 is 1.73 bits per heavy atom. The fourth-order valence-corrected chi connectivity index (χ4v) is 3.97. The van der Waals surface area contributed by atoms with E-state index >= 15 is 0 Å². The van der Waals surface area contributed by atoms with E-state index in [1.54, 1.807) is 5.56 Å². The Hall–Kier alpha value is -0.800. The molecule has 1 aromatic heterocycles. The van der Waals surface area contributed by atoms with Crippen LogP contribution in [0.1, 0.15) is 64.4 Å². The highest BCUT2D eigenvalue weighted by molar-refractivity contribution is 5.36. The molecule has 3 nitrogen and oxygen atoms in total. The molecule has 1 aromatic rings. The van der Waals surface area contributed by atoms with Gasteiger partial charge in [-0.1, -0.05) is 20.8 Å². The molecule has 1 fully saturated rings. The minimum Gasteiger partial charge on any atom is -0.377 e. The topological polar surface area (TPSA) is 17.4 Å². The van der Waals surface area contributed by atoms with Crippen molar-refractivity contribution in [3.8, 4) is 0 Å². The lowest BCUT2D eigenvalue weighted by Gasteiger charge is -2.50. The summed E-state index contributed by atoms with van der Waals surface area (Å²) >= 11 is 0. The van der Waals surface area contributed by atoms with Crippen LogP contribution >= 0.6 is 0 Å². The van der Waals surface area contributed by atoms with E-state index < -0.39 is 0 Å². The van der Waals surface area contributed by atoms with E-state index in [9.17, 15) is 0 Å². The van der Waals surface area contributed by atoms with Gasteiger partial charge in [0.25, 0.3) is 0 Å². The van der Waals surface area contributed by atoms with Crippen molar-refractivity contribution in [1.29, 1.82) is 0 Å². The SMILES string of the molecule is Cc1cn(C2COC2)c2c1CC(C(C)(C)C)N(C(C)(C)C)C2. The van der Waals surface area contributed by atoms with Gasteiger partial charge >= 0.3 is 0 Å². The van der Waals surface area contributed by atoms with E-state index in [-0.39, 0.29) is 5.54 Å². The van der Waals surface area contributed by atoms with E-state index in [1.807, 2.05) is 0 Å². The second-order valence-electron chi connectivity index (χ2n) is 9.22. The molecule has 0 amide bonds. The summed E-state index contributed by atoms with van der Waals surface area (Å²) in [7, 11) is 0. The van der Waals surface area contributed by atoms with Crippen LogP contribution in [0, 0.1) is 12.3 Å². The van der Waals surface area contributed by atoms with E-state index in [4.69, 9.17) is 4.74 Å². The number of hydrogen-bond donors (Lipinski definition) is 0. The van der Waals surface area contributed by atoms with Crippen molar-refractivity contribution in [3.63, 3.8) is 0 Å². The second kappa shape index (κ2) is 5.10. The standard InChI is InChI=1S/C19H32N2O/c1-13-9-20(14-11-22-12-14)16-10-21(19(5,6)7)17(8-15(13)16)18(2,3)4/h9,14,17H,8,10-12H2,1-7H3. The molecule has 2 aliphatic heterocycles. The van der Waals surface area contributed by atoms with E-state index in [2.05, 4.69) is 64.1 Å². The molecule has 1 atom stereocenters. The number of hydrogen-bond acceptors (Lipinski definition) is 2. The molecule has 22 heavy (non-hydrogen) atoms. The molecule has 0 bridgehead atoms. The molecule has 1 unspecified atom stereocenters. The molecule has 1 saturated heterocycles. The smallest absolute Gasteiger partial charge is 0.0801 e. The molecule has 3 heteroatoms. The second-order valence-corrected chi connectivity index (χ2v) is 9.22. The van der Waals surface area contributed by atoms with Gasteiger partial charge in [-0.15, -0.1) is 0 Å². The third-order valence-electron chi connectivity index (χ3n) is 5.44. The predicted octanol–water partition coefficient (Wildman–Crippen LogP) is 3.94. The van der Waals surface area contributed by atoms with Crippen molar-refractivity contribution in [2.45, 2.75) is 79.1 Å². The van der Waals surface area contributed by atoms with Gasteiger partial charge in [-0.3, -0.25) is 4.90 Å². The zero-order valence-electron chi connectivity index (χ0n) is 15.4. The average Bonchev–Trinajstić information content (AvgIpc) is 2.61. The molecule has 3 rings (SSSR count). The van der Waals surface area contributed by atoms with Crippen molar-refractivity contribution in [1.82, 2.24) is 9.47 Å². The van der Waals surface area contributed by atoms with Crippen molar-refractivity contribution in [2.75, 3.05) is 13.2 Å². The number of rotatable bonds is 1. The molecule has 0 N–H and O–H groups in total. The Bertz CT molecular complexity index is 555. The maximum absolute atomic E-state index is 5.42. The van der Waals surface area contributed by atoms with Crippen LogP contribution in [0.3, 0.4) is 0 Å². The number of aryl methyl sites for hydroxylation is 1. The molecule has 124 valence electrons. The minimum atomic E-state index is 0.189. The summed E-state index contributed by atoms with van der Waals surface area (Å²) in [6, 6.07) is 1.14. The van der Waals surface area contributed by atoms with E-state index in [0.29, 0.717) is 17.5 Å². The third-order valence-corrected chi connectivity index (χ3v) is 5.44. The van der Waals surface area contributed by atoms with Gasteiger partial charge in [0.15, 0.2) is 0 Å². The highest BCUT2D eigenvalue weighted by Crippen LogP contribution is 2.40. The van der Waals surface area contributed by atoms with Crippen LogP contribution in [0.2, 0.25) is 0 Å². The van der Waals surface area contributed by atoms with Gasteiger partial charge < -0.3 is 9.30 Å². The molecule has 2 aliphatic rings. The quantitative estimate of drug-likeness (QED) is 0.782. The van der Waals surface area contributed by atoms with E-state index in [1.165, 1.54) is 17.7 Å². The van der Waals surface area contributed by atoms with Crippen LogP contribution in [0.5, 0.6) is 0 Å². The number of fused-ring (bicyclic) bond motifs is 1. The fourth-order valence-electron chi connectivity index (χ4n) is 3.97. The normalized spacial score (nSPS) is 24.2. The van der Waals surface area contributed by atoms with E-state index in [0.717, 1.165) is 19.8 Å². The Balaban J connectivity index is 2.02. The Labute approximate surface area is 135 Å². The van der Waals surface area contributed by atoms with Gasteiger partial charge in [0.2, 0.25) is 0 Å². The fraction of sp³-hybridized carbons (Fsp3) is 0.789. The summed E-state index contributed by atoms with van der Waals surface area (Å²) in [4.78, 5) is 2.71. The monoisotopic (exact) mass is 304 g/mol. The Morgan fingerprint density at radius 3 is 2.18 bits per heavy atom. The zero-order chi connectivity index (χ0) is 16.3. The number of nitrogens with zero attached hydrogens (tertiary/aromatic N) is 2. The third kappa shape index (κ3) is 2.63. The first-order chi connectivity index (χ1) is 10.1. The molecule has 0 radical (unpaired) electrons. The lowest BCUT2D eigenvalue weighted by Crippen LogP contribution is -2.56. The van der Waals surface area contributed by atoms with Crippen LogP contribution in [0.4, 0.5) is 0 Å². The lowest BCUT2D eigenvalue weighted by atomic mass is 9.77. The van der Waals surface area contributed by atoms with Crippen LogP contribution in [0.15, 0.2) is 6.20 Å². The predicted molar refractivity (Wildman–Crippen MR) is 91.3 cm³/mol. The largest absolute Gasteiger partial charge is 0.377 e. The Kier molecular flexibility index (Phi) is 3.73. The van der Waals surface area contributed by atoms with Gasteiger partial charge in [-0.25, -0.2) is 0 Å². The van der Waals surface area contributed by atoms with Gasteiger partial charge in [0.1, 0.15) is 0 Å². The average molecular weight is 304 g/mol. The van der Waals surface area contributed by atoms with Gasteiger partial charge in [-0.2, -0.15) is 0 Å². The summed E-state index contributed by atoms with van der Waals surface area (Å²) in [5.41, 5.74) is 5.06. The minimum absolute atomic E-state index is 0.189. The first-order valence-electron chi connectivity index (χ1n) is 8.62. The molecular formula is C19H32N2O. The van der Waals surface area contributed by atoms with Crippen LogP contribution in [-0.4, -0.2) is 34.3 Å². The maximum Gasteiger partial charge on any atom is 0.0801 e. The van der Waals surface area contributed by atoms with Gasteiger partial charge in [0, 0.05) is 30.0 Å². The molecule has 0 saturated carbocycles.